The first-order valence-electron chi connectivity index (χ1n) is 6.89. The zero-order chi connectivity index (χ0) is 16.5. The number of hydrogen-bond acceptors (Lipinski definition) is 7. The Morgan fingerprint density at radius 1 is 1.45 bits per heavy atom. The van der Waals surface area contributed by atoms with Crippen LogP contribution in [0.4, 0.5) is 0 Å². The van der Waals surface area contributed by atoms with Gasteiger partial charge in [-0.2, -0.15) is 0 Å². The van der Waals surface area contributed by atoms with Crippen molar-refractivity contribution in [2.75, 3.05) is 6.61 Å². The van der Waals surface area contributed by atoms with E-state index in [1.807, 2.05) is 4.98 Å². The molecule has 2 rings (SSSR count). The number of ketones is 1. The average molecular weight is 314 g/mol. The Morgan fingerprint density at radius 2 is 2.14 bits per heavy atom. The fourth-order valence-corrected chi connectivity index (χ4v) is 2.60. The molecule has 1 fully saturated rings. The van der Waals surface area contributed by atoms with Gasteiger partial charge in [0.25, 0.3) is 5.56 Å². The van der Waals surface area contributed by atoms with Crippen molar-refractivity contribution in [2.45, 2.75) is 43.8 Å². The zero-order valence-electron chi connectivity index (χ0n) is 11.9. The van der Waals surface area contributed by atoms with Crippen molar-refractivity contribution in [3.05, 3.63) is 33.1 Å². The summed E-state index contributed by atoms with van der Waals surface area (Å²) >= 11 is 0. The fraction of sp³-hybridized carbons (Fsp3) is 0.615. The Morgan fingerprint density at radius 3 is 2.64 bits per heavy atom. The molecule has 0 aromatic carbocycles. The summed E-state index contributed by atoms with van der Waals surface area (Å²) in [6.07, 6.45) is -3.11. The molecule has 1 aromatic rings. The van der Waals surface area contributed by atoms with Crippen LogP contribution < -0.4 is 11.2 Å². The Labute approximate surface area is 124 Å². The molecule has 2 heterocycles. The molecule has 0 bridgehead atoms. The Kier molecular flexibility index (Phi) is 4.61. The highest BCUT2D eigenvalue weighted by Gasteiger charge is 2.59. The number of ether oxygens (including phenoxy) is 1. The highest BCUT2D eigenvalue weighted by Crippen LogP contribution is 2.36. The van der Waals surface area contributed by atoms with E-state index in [1.54, 1.807) is 6.92 Å². The monoisotopic (exact) mass is 314 g/mol. The predicted octanol–water partition coefficient (Wildman–Crippen LogP) is -2.33. The Hall–Kier alpha value is -1.81. The standard InChI is InChI=1S/C13H18N2O7/c1-2-3-8(17)13(11(20)10(19)7(6-16)22-13)15-5-4-9(18)14-12(15)21/h4-5,7,10-11,16,19-20H,2-3,6H2,1H3,(H,14,18,21)/t7-,10-,11-,13-/m1/s1. The van der Waals surface area contributed by atoms with Crippen LogP contribution in [-0.4, -0.2) is 55.6 Å². The van der Waals surface area contributed by atoms with E-state index in [4.69, 9.17) is 4.74 Å². The van der Waals surface area contributed by atoms with Crippen LogP contribution in [0.1, 0.15) is 19.8 Å². The number of aliphatic hydroxyl groups excluding tert-OH is 3. The van der Waals surface area contributed by atoms with Crippen LogP contribution in [0.2, 0.25) is 0 Å². The number of aliphatic hydroxyl groups is 3. The average Bonchev–Trinajstić information content (AvgIpc) is 2.73. The van der Waals surface area contributed by atoms with Gasteiger partial charge in [-0.3, -0.25) is 19.1 Å². The first kappa shape index (κ1) is 16.6. The summed E-state index contributed by atoms with van der Waals surface area (Å²) < 4.78 is 6.13. The number of aromatic amines is 1. The predicted molar refractivity (Wildman–Crippen MR) is 73.2 cm³/mol. The molecule has 22 heavy (non-hydrogen) atoms. The molecule has 122 valence electrons. The highest BCUT2D eigenvalue weighted by atomic mass is 16.6. The Balaban J connectivity index is 2.64. The van der Waals surface area contributed by atoms with E-state index in [-0.39, 0.29) is 6.42 Å². The van der Waals surface area contributed by atoms with Gasteiger partial charge in [-0.05, 0) is 6.42 Å². The van der Waals surface area contributed by atoms with Crippen molar-refractivity contribution in [2.24, 2.45) is 0 Å². The molecule has 1 saturated heterocycles. The molecule has 0 aliphatic carbocycles. The van der Waals surface area contributed by atoms with Gasteiger partial charge in [0.05, 0.1) is 6.61 Å². The van der Waals surface area contributed by atoms with Crippen LogP contribution in [0.15, 0.2) is 21.9 Å². The van der Waals surface area contributed by atoms with Crippen LogP contribution in [-0.2, 0) is 15.3 Å². The number of H-pyrrole nitrogens is 1. The second-order valence-electron chi connectivity index (χ2n) is 5.12. The van der Waals surface area contributed by atoms with E-state index in [1.165, 1.54) is 0 Å². The largest absolute Gasteiger partial charge is 0.394 e. The molecule has 0 spiro atoms. The number of hydrogen-bond donors (Lipinski definition) is 4. The van der Waals surface area contributed by atoms with E-state index < -0.39 is 47.7 Å². The Bertz CT molecular complexity index is 667. The van der Waals surface area contributed by atoms with E-state index >= 15 is 0 Å². The molecule has 9 heteroatoms. The molecule has 1 aliphatic rings. The molecule has 9 nitrogen and oxygen atoms in total. The minimum absolute atomic E-state index is 0.0203. The maximum atomic E-state index is 12.5. The van der Waals surface area contributed by atoms with Crippen molar-refractivity contribution in [1.29, 1.82) is 0 Å². The van der Waals surface area contributed by atoms with Crippen molar-refractivity contribution in [3.8, 4) is 0 Å². The molecule has 4 atom stereocenters. The zero-order valence-corrected chi connectivity index (χ0v) is 11.9. The highest BCUT2D eigenvalue weighted by molar-refractivity contribution is 5.86. The van der Waals surface area contributed by atoms with Crippen LogP contribution in [0.5, 0.6) is 0 Å². The first-order valence-corrected chi connectivity index (χ1v) is 6.89. The van der Waals surface area contributed by atoms with E-state index in [2.05, 4.69) is 0 Å². The smallest absolute Gasteiger partial charge is 0.331 e. The lowest BCUT2D eigenvalue weighted by molar-refractivity contribution is -0.176. The molecule has 0 unspecified atom stereocenters. The van der Waals surface area contributed by atoms with Crippen molar-refractivity contribution in [1.82, 2.24) is 9.55 Å². The molecular formula is C13H18N2O7. The topological polar surface area (TPSA) is 142 Å². The lowest BCUT2D eigenvalue weighted by Crippen LogP contribution is -2.56. The van der Waals surface area contributed by atoms with Crippen molar-refractivity contribution in [3.63, 3.8) is 0 Å². The lowest BCUT2D eigenvalue weighted by Gasteiger charge is -2.32. The summed E-state index contributed by atoms with van der Waals surface area (Å²) in [5.41, 5.74) is -3.81. The minimum atomic E-state index is -2.18. The molecule has 0 saturated carbocycles. The van der Waals surface area contributed by atoms with Gasteiger partial charge in [0.15, 0.2) is 5.78 Å². The summed E-state index contributed by atoms with van der Waals surface area (Å²) in [5.74, 6) is -0.633. The molecule has 1 aliphatic heterocycles. The van der Waals surface area contributed by atoms with Gasteiger partial charge in [0, 0.05) is 18.7 Å². The normalized spacial score (nSPS) is 31.4. The van der Waals surface area contributed by atoms with Crippen LogP contribution in [0, 0.1) is 0 Å². The van der Waals surface area contributed by atoms with E-state index in [0.29, 0.717) is 6.42 Å². The number of nitrogens with zero attached hydrogens (tertiary/aromatic N) is 1. The number of aromatic nitrogens is 2. The summed E-state index contributed by atoms with van der Waals surface area (Å²) in [5, 5.41) is 29.4. The van der Waals surface area contributed by atoms with Gasteiger partial charge in [0.1, 0.15) is 18.3 Å². The van der Waals surface area contributed by atoms with Gasteiger partial charge >= 0.3 is 5.69 Å². The quantitative estimate of drug-likeness (QED) is 0.477. The SMILES string of the molecule is CCCC(=O)[C@@]1(n2ccc(=O)[nH]c2=O)O[C@H](CO)[C@@H](O)[C@H]1O. The van der Waals surface area contributed by atoms with Crippen LogP contribution in [0.3, 0.4) is 0 Å². The molecule has 4 N–H and O–H groups in total. The third-order valence-electron chi connectivity index (χ3n) is 3.67. The van der Waals surface area contributed by atoms with Gasteiger partial charge in [-0.25, -0.2) is 4.79 Å². The maximum Gasteiger partial charge on any atom is 0.331 e. The molecule has 0 amide bonds. The van der Waals surface area contributed by atoms with Crippen molar-refractivity contribution < 1.29 is 24.9 Å². The fourth-order valence-electron chi connectivity index (χ4n) is 2.60. The molecule has 1 aromatic heterocycles. The summed E-state index contributed by atoms with van der Waals surface area (Å²) in [7, 11) is 0. The lowest BCUT2D eigenvalue weighted by atomic mass is 9.95. The third-order valence-corrected chi connectivity index (χ3v) is 3.67. The van der Waals surface area contributed by atoms with E-state index in [9.17, 15) is 29.7 Å². The maximum absolute atomic E-state index is 12.5. The van der Waals surface area contributed by atoms with Gasteiger partial charge in [0.2, 0.25) is 5.72 Å². The number of rotatable bonds is 5. The second kappa shape index (κ2) is 6.13. The second-order valence-corrected chi connectivity index (χ2v) is 5.12. The number of carbonyl (C=O) groups is 1. The third kappa shape index (κ3) is 2.41. The minimum Gasteiger partial charge on any atom is -0.394 e. The summed E-state index contributed by atoms with van der Waals surface area (Å²) in [4.78, 5) is 37.6. The molecular weight excluding hydrogens is 296 g/mol. The van der Waals surface area contributed by atoms with E-state index in [0.717, 1.165) is 16.8 Å². The number of Topliss-reactive ketones (excluding diaryl/α,β-unsaturated/α-hetero) is 1. The summed E-state index contributed by atoms with van der Waals surface area (Å²) in [6.45, 7) is 1.08. The van der Waals surface area contributed by atoms with Gasteiger partial charge in [-0.15, -0.1) is 0 Å². The van der Waals surface area contributed by atoms with Crippen LogP contribution >= 0.6 is 0 Å². The van der Waals surface area contributed by atoms with Gasteiger partial charge in [-0.1, -0.05) is 6.92 Å². The van der Waals surface area contributed by atoms with Crippen molar-refractivity contribution >= 4 is 5.78 Å². The summed E-state index contributed by atoms with van der Waals surface area (Å²) in [6, 6.07) is 0.997. The molecule has 0 radical (unpaired) electrons. The number of nitrogens with one attached hydrogen (secondary N) is 1. The van der Waals surface area contributed by atoms with Gasteiger partial charge < -0.3 is 20.1 Å². The van der Waals surface area contributed by atoms with Crippen LogP contribution in [0.25, 0.3) is 0 Å². The number of carbonyl (C=O) groups excluding carboxylic acids is 1. The first-order chi connectivity index (χ1) is 10.4.